The van der Waals surface area contributed by atoms with Crippen molar-refractivity contribution in [1.29, 1.82) is 0 Å². The second-order valence-electron chi connectivity index (χ2n) is 2.64. The standard InChI is InChI=1S/C10H12FNO3/c1-3-14-9-7(10(13)15-4-2)5-6-8(11)12-9/h5-6H,3-4H2,1-2H3. The lowest BCUT2D eigenvalue weighted by molar-refractivity contribution is 0.0520. The molecule has 1 heterocycles. The second kappa shape index (κ2) is 5.29. The third-order valence-corrected chi connectivity index (χ3v) is 1.60. The molecule has 0 saturated heterocycles. The maximum Gasteiger partial charge on any atom is 0.343 e. The Morgan fingerprint density at radius 3 is 2.73 bits per heavy atom. The predicted molar refractivity (Wildman–Crippen MR) is 51.3 cm³/mol. The number of carbonyl (C=O) groups is 1. The van der Waals surface area contributed by atoms with Crippen molar-refractivity contribution in [1.82, 2.24) is 4.98 Å². The Morgan fingerprint density at radius 1 is 1.40 bits per heavy atom. The van der Waals surface area contributed by atoms with Gasteiger partial charge in [-0.1, -0.05) is 0 Å². The molecule has 0 aromatic carbocycles. The quantitative estimate of drug-likeness (QED) is 0.565. The summed E-state index contributed by atoms with van der Waals surface area (Å²) in [6.45, 7) is 3.97. The van der Waals surface area contributed by atoms with Crippen LogP contribution >= 0.6 is 0 Å². The zero-order valence-electron chi connectivity index (χ0n) is 8.62. The van der Waals surface area contributed by atoms with Gasteiger partial charge < -0.3 is 9.47 Å². The van der Waals surface area contributed by atoms with Crippen LogP contribution in [-0.4, -0.2) is 24.2 Å². The van der Waals surface area contributed by atoms with Crippen LogP contribution in [0, 0.1) is 5.95 Å². The van der Waals surface area contributed by atoms with E-state index in [1.54, 1.807) is 13.8 Å². The third-order valence-electron chi connectivity index (χ3n) is 1.60. The van der Waals surface area contributed by atoms with Gasteiger partial charge in [-0.25, -0.2) is 4.79 Å². The Labute approximate surface area is 87.0 Å². The fourth-order valence-electron chi connectivity index (χ4n) is 1.03. The van der Waals surface area contributed by atoms with E-state index < -0.39 is 11.9 Å². The van der Waals surface area contributed by atoms with Crippen molar-refractivity contribution < 1.29 is 18.7 Å². The number of aromatic nitrogens is 1. The summed E-state index contributed by atoms with van der Waals surface area (Å²) in [5.41, 5.74) is 0.139. The Kier molecular flexibility index (Phi) is 4.03. The number of halogens is 1. The molecule has 0 fully saturated rings. The predicted octanol–water partition coefficient (Wildman–Crippen LogP) is 1.80. The summed E-state index contributed by atoms with van der Waals surface area (Å²) in [7, 11) is 0. The van der Waals surface area contributed by atoms with Crippen LogP contribution in [-0.2, 0) is 4.74 Å². The lowest BCUT2D eigenvalue weighted by Crippen LogP contribution is -2.09. The summed E-state index contributed by atoms with van der Waals surface area (Å²) in [5.74, 6) is -1.28. The molecule has 0 amide bonds. The molecule has 0 spiro atoms. The molecule has 1 aromatic heterocycles. The van der Waals surface area contributed by atoms with Gasteiger partial charge in [0.2, 0.25) is 11.8 Å². The van der Waals surface area contributed by atoms with E-state index in [-0.39, 0.29) is 18.1 Å². The first-order chi connectivity index (χ1) is 7.19. The van der Waals surface area contributed by atoms with Gasteiger partial charge in [0.05, 0.1) is 13.2 Å². The second-order valence-corrected chi connectivity index (χ2v) is 2.64. The molecule has 4 nitrogen and oxygen atoms in total. The van der Waals surface area contributed by atoms with E-state index >= 15 is 0 Å². The van der Waals surface area contributed by atoms with Crippen LogP contribution in [0.15, 0.2) is 12.1 Å². The highest BCUT2D eigenvalue weighted by atomic mass is 19.1. The molecule has 0 atom stereocenters. The average Bonchev–Trinajstić information content (AvgIpc) is 2.18. The van der Waals surface area contributed by atoms with Crippen molar-refractivity contribution >= 4 is 5.97 Å². The molecule has 0 radical (unpaired) electrons. The van der Waals surface area contributed by atoms with Gasteiger partial charge in [-0.15, -0.1) is 0 Å². The van der Waals surface area contributed by atoms with E-state index in [1.165, 1.54) is 6.07 Å². The first-order valence-corrected chi connectivity index (χ1v) is 4.65. The Balaban J connectivity index is 2.99. The van der Waals surface area contributed by atoms with Gasteiger partial charge in [0.1, 0.15) is 5.56 Å². The molecule has 0 aliphatic rings. The van der Waals surface area contributed by atoms with E-state index in [0.717, 1.165) is 6.07 Å². The summed E-state index contributed by atoms with van der Waals surface area (Å²) in [4.78, 5) is 14.9. The highest BCUT2D eigenvalue weighted by Crippen LogP contribution is 2.16. The third kappa shape index (κ3) is 2.90. The minimum absolute atomic E-state index is 0.0315. The topological polar surface area (TPSA) is 48.4 Å². The lowest BCUT2D eigenvalue weighted by atomic mass is 10.3. The molecule has 1 rings (SSSR count). The van der Waals surface area contributed by atoms with Crippen molar-refractivity contribution in [3.05, 3.63) is 23.6 Å². The smallest absolute Gasteiger partial charge is 0.343 e. The molecule has 0 N–H and O–H groups in total. The summed E-state index contributed by atoms with van der Waals surface area (Å²) in [6, 6.07) is 2.39. The van der Waals surface area contributed by atoms with Crippen molar-refractivity contribution in [3.63, 3.8) is 0 Å². The minimum Gasteiger partial charge on any atom is -0.477 e. The number of hydrogen-bond acceptors (Lipinski definition) is 4. The zero-order chi connectivity index (χ0) is 11.3. The van der Waals surface area contributed by atoms with Gasteiger partial charge in [0.15, 0.2) is 0 Å². The first-order valence-electron chi connectivity index (χ1n) is 4.65. The molecule has 0 aliphatic heterocycles. The van der Waals surface area contributed by atoms with Crippen molar-refractivity contribution in [2.75, 3.05) is 13.2 Å². The van der Waals surface area contributed by atoms with E-state index in [2.05, 4.69) is 4.98 Å². The van der Waals surface area contributed by atoms with E-state index in [4.69, 9.17) is 9.47 Å². The van der Waals surface area contributed by atoms with Crippen molar-refractivity contribution in [2.45, 2.75) is 13.8 Å². The molecule has 1 aromatic rings. The summed E-state index contributed by atoms with van der Waals surface area (Å²) < 4.78 is 22.6. The highest BCUT2D eigenvalue weighted by Gasteiger charge is 2.15. The lowest BCUT2D eigenvalue weighted by Gasteiger charge is -2.07. The van der Waals surface area contributed by atoms with Gasteiger partial charge >= 0.3 is 5.97 Å². The van der Waals surface area contributed by atoms with Gasteiger partial charge in [0.25, 0.3) is 0 Å². The molecule has 0 aliphatic carbocycles. The maximum atomic E-state index is 12.8. The van der Waals surface area contributed by atoms with Crippen LogP contribution in [0.2, 0.25) is 0 Å². The van der Waals surface area contributed by atoms with Gasteiger partial charge in [0, 0.05) is 0 Å². The van der Waals surface area contributed by atoms with Crippen LogP contribution in [0.1, 0.15) is 24.2 Å². The Bertz CT molecular complexity index is 355. The van der Waals surface area contributed by atoms with Gasteiger partial charge in [-0.2, -0.15) is 9.37 Å². The Morgan fingerprint density at radius 2 is 2.13 bits per heavy atom. The minimum atomic E-state index is -0.688. The van der Waals surface area contributed by atoms with E-state index in [0.29, 0.717) is 6.61 Å². The number of pyridine rings is 1. The van der Waals surface area contributed by atoms with Crippen LogP contribution < -0.4 is 4.74 Å². The molecule has 0 saturated carbocycles. The number of rotatable bonds is 4. The molecule has 15 heavy (non-hydrogen) atoms. The van der Waals surface area contributed by atoms with Crippen LogP contribution in [0.5, 0.6) is 5.88 Å². The highest BCUT2D eigenvalue weighted by molar-refractivity contribution is 5.91. The van der Waals surface area contributed by atoms with Crippen molar-refractivity contribution in [2.24, 2.45) is 0 Å². The van der Waals surface area contributed by atoms with Crippen LogP contribution in [0.25, 0.3) is 0 Å². The fourth-order valence-corrected chi connectivity index (χ4v) is 1.03. The van der Waals surface area contributed by atoms with Crippen LogP contribution in [0.3, 0.4) is 0 Å². The maximum absolute atomic E-state index is 12.8. The van der Waals surface area contributed by atoms with E-state index in [1.807, 2.05) is 0 Å². The van der Waals surface area contributed by atoms with Crippen LogP contribution in [0.4, 0.5) is 4.39 Å². The zero-order valence-corrected chi connectivity index (χ0v) is 8.62. The SMILES string of the molecule is CCOC(=O)c1ccc(F)nc1OCC. The van der Waals surface area contributed by atoms with Gasteiger partial charge in [-0.05, 0) is 26.0 Å². The van der Waals surface area contributed by atoms with E-state index in [9.17, 15) is 9.18 Å². The molecule has 5 heteroatoms. The molecule has 82 valence electrons. The molecular formula is C10H12FNO3. The average molecular weight is 213 g/mol. The normalized spacial score (nSPS) is 9.80. The Hall–Kier alpha value is -1.65. The molecule has 0 bridgehead atoms. The van der Waals surface area contributed by atoms with Gasteiger partial charge in [-0.3, -0.25) is 0 Å². The number of nitrogens with zero attached hydrogens (tertiary/aromatic N) is 1. The summed E-state index contributed by atoms with van der Waals surface area (Å²) >= 11 is 0. The molecule has 0 unspecified atom stereocenters. The number of carbonyl (C=O) groups excluding carboxylic acids is 1. The number of ether oxygens (including phenoxy) is 2. The molecular weight excluding hydrogens is 201 g/mol. The summed E-state index contributed by atoms with van der Waals surface area (Å²) in [5, 5.41) is 0. The number of hydrogen-bond donors (Lipinski definition) is 0. The monoisotopic (exact) mass is 213 g/mol. The number of esters is 1. The first kappa shape index (κ1) is 11.4. The van der Waals surface area contributed by atoms with Crippen molar-refractivity contribution in [3.8, 4) is 5.88 Å². The summed E-state index contributed by atoms with van der Waals surface area (Å²) in [6.07, 6.45) is 0. The fraction of sp³-hybridized carbons (Fsp3) is 0.400. The largest absolute Gasteiger partial charge is 0.477 e.